The second-order valence-corrected chi connectivity index (χ2v) is 6.67. The van der Waals surface area contributed by atoms with Gasteiger partial charge in [0, 0.05) is 6.92 Å². The normalized spacial score (nSPS) is 15.6. The molecule has 0 aromatic heterocycles. The third kappa shape index (κ3) is 4.47. The quantitative estimate of drug-likeness (QED) is 0.569. The number of aliphatic imine (C=N–C) groups is 1. The first kappa shape index (κ1) is 17.8. The van der Waals surface area contributed by atoms with Gasteiger partial charge in [0.15, 0.2) is 16.7 Å². The van der Waals surface area contributed by atoms with Crippen LogP contribution in [0.4, 0.5) is 0 Å². The summed E-state index contributed by atoms with van der Waals surface area (Å²) in [6.07, 6.45) is 1.72. The molecule has 0 aliphatic carbocycles. The van der Waals surface area contributed by atoms with Crippen molar-refractivity contribution in [1.29, 1.82) is 0 Å². The van der Waals surface area contributed by atoms with E-state index in [1.54, 1.807) is 13.2 Å². The first-order valence-electron chi connectivity index (χ1n) is 6.75. The van der Waals surface area contributed by atoms with Crippen molar-refractivity contribution in [3.05, 3.63) is 26.2 Å². The molecule has 1 N–H and O–H groups in total. The molecule has 0 radical (unpaired) electrons. The molecular weight excluding hydrogens is 431 g/mol. The number of amidine groups is 1. The number of carbonyl (C=O) groups is 2. The lowest BCUT2D eigenvalue weighted by Crippen LogP contribution is -2.23. The predicted molar refractivity (Wildman–Crippen MR) is 98.7 cm³/mol. The molecule has 8 heteroatoms. The Morgan fingerprint density at radius 3 is 2.83 bits per heavy atom. The predicted octanol–water partition coefficient (Wildman–Crippen LogP) is 2.80. The fourth-order valence-electron chi connectivity index (χ4n) is 1.90. The number of thioether (sulfide) groups is 1. The molecule has 1 aliphatic heterocycles. The van der Waals surface area contributed by atoms with Gasteiger partial charge in [0.1, 0.15) is 0 Å². The van der Waals surface area contributed by atoms with Crippen LogP contribution in [0.5, 0.6) is 11.5 Å². The Bertz CT molecular complexity index is 716. The van der Waals surface area contributed by atoms with Crippen LogP contribution in [0.2, 0.25) is 0 Å². The van der Waals surface area contributed by atoms with Crippen molar-refractivity contribution in [1.82, 2.24) is 5.32 Å². The molecule has 1 aliphatic rings. The third-order valence-electron chi connectivity index (χ3n) is 2.74. The number of benzene rings is 1. The summed E-state index contributed by atoms with van der Waals surface area (Å²) in [5.74, 6) is 0.646. The van der Waals surface area contributed by atoms with Crippen LogP contribution in [0.15, 0.2) is 22.0 Å². The van der Waals surface area contributed by atoms with Crippen LogP contribution in [0.1, 0.15) is 19.4 Å². The zero-order chi connectivity index (χ0) is 17.0. The lowest BCUT2D eigenvalue weighted by molar-refractivity contribution is -0.117. The van der Waals surface area contributed by atoms with E-state index < -0.39 is 0 Å². The van der Waals surface area contributed by atoms with Crippen molar-refractivity contribution < 1.29 is 19.1 Å². The van der Waals surface area contributed by atoms with E-state index in [-0.39, 0.29) is 11.8 Å². The number of ether oxygens (including phenoxy) is 2. The van der Waals surface area contributed by atoms with Crippen molar-refractivity contribution >= 4 is 57.4 Å². The van der Waals surface area contributed by atoms with E-state index in [4.69, 9.17) is 9.47 Å². The lowest BCUT2D eigenvalue weighted by Gasteiger charge is -2.12. The second kappa shape index (κ2) is 7.82. The topological polar surface area (TPSA) is 77.0 Å². The fourth-order valence-corrected chi connectivity index (χ4v) is 3.60. The van der Waals surface area contributed by atoms with E-state index in [1.807, 2.05) is 19.1 Å². The number of halogens is 1. The molecule has 0 atom stereocenters. The van der Waals surface area contributed by atoms with E-state index in [0.717, 1.165) is 20.9 Å². The molecule has 2 amide bonds. The van der Waals surface area contributed by atoms with Crippen molar-refractivity contribution in [2.75, 3.05) is 13.7 Å². The number of nitrogens with one attached hydrogen (secondary N) is 1. The molecule has 0 saturated carbocycles. The molecule has 122 valence electrons. The first-order valence-corrected chi connectivity index (χ1v) is 8.64. The highest BCUT2D eigenvalue weighted by atomic mass is 127. The van der Waals surface area contributed by atoms with Crippen molar-refractivity contribution in [2.45, 2.75) is 13.8 Å². The number of rotatable bonds is 4. The van der Waals surface area contributed by atoms with Crippen LogP contribution in [-0.2, 0) is 9.59 Å². The number of hydrogen-bond donors (Lipinski definition) is 1. The maximum absolute atomic E-state index is 11.9. The van der Waals surface area contributed by atoms with Crippen molar-refractivity contribution in [3.63, 3.8) is 0 Å². The monoisotopic (exact) mass is 446 g/mol. The number of carbonyl (C=O) groups excluding carboxylic acids is 2. The molecule has 23 heavy (non-hydrogen) atoms. The summed E-state index contributed by atoms with van der Waals surface area (Å²) in [6.45, 7) is 3.77. The summed E-state index contributed by atoms with van der Waals surface area (Å²) in [4.78, 5) is 27.2. The maximum atomic E-state index is 11.9. The summed E-state index contributed by atoms with van der Waals surface area (Å²) in [5.41, 5.74) is 0.800. The Kier molecular flexibility index (Phi) is 6.05. The van der Waals surface area contributed by atoms with Crippen LogP contribution >= 0.6 is 34.4 Å². The minimum Gasteiger partial charge on any atom is -0.492 e. The van der Waals surface area contributed by atoms with Gasteiger partial charge in [-0.05, 0) is 65.0 Å². The van der Waals surface area contributed by atoms with E-state index in [1.165, 1.54) is 6.92 Å². The molecule has 0 bridgehead atoms. The maximum Gasteiger partial charge on any atom is 0.286 e. The van der Waals surface area contributed by atoms with E-state index in [9.17, 15) is 9.59 Å². The summed E-state index contributed by atoms with van der Waals surface area (Å²) in [7, 11) is 1.59. The van der Waals surface area contributed by atoms with Gasteiger partial charge in [-0.2, -0.15) is 4.99 Å². The highest BCUT2D eigenvalue weighted by Crippen LogP contribution is 2.36. The van der Waals surface area contributed by atoms with E-state index in [2.05, 4.69) is 32.9 Å². The van der Waals surface area contributed by atoms with E-state index in [0.29, 0.717) is 28.2 Å². The molecule has 0 spiro atoms. The molecule has 0 fully saturated rings. The van der Waals surface area contributed by atoms with Crippen molar-refractivity contribution in [2.24, 2.45) is 4.99 Å². The molecule has 1 aromatic carbocycles. The van der Waals surface area contributed by atoms with Crippen LogP contribution in [-0.4, -0.2) is 30.7 Å². The molecule has 0 unspecified atom stereocenters. The zero-order valence-electron chi connectivity index (χ0n) is 12.8. The molecule has 0 saturated heterocycles. The molecule has 6 nitrogen and oxygen atoms in total. The summed E-state index contributed by atoms with van der Waals surface area (Å²) < 4.78 is 11.8. The summed E-state index contributed by atoms with van der Waals surface area (Å²) in [6, 6.07) is 3.70. The Hall–Kier alpha value is -1.55. The number of hydrogen-bond acceptors (Lipinski definition) is 5. The van der Waals surface area contributed by atoms with Gasteiger partial charge in [0.05, 0.1) is 22.2 Å². The Balaban J connectivity index is 2.30. The largest absolute Gasteiger partial charge is 0.492 e. The van der Waals surface area contributed by atoms with Gasteiger partial charge in [0.2, 0.25) is 5.91 Å². The summed E-state index contributed by atoms with van der Waals surface area (Å²) >= 11 is 3.28. The van der Waals surface area contributed by atoms with Gasteiger partial charge in [0.25, 0.3) is 5.91 Å². The summed E-state index contributed by atoms with van der Waals surface area (Å²) in [5, 5.41) is 2.81. The second-order valence-electron chi connectivity index (χ2n) is 4.48. The van der Waals surface area contributed by atoms with Gasteiger partial charge >= 0.3 is 0 Å². The smallest absolute Gasteiger partial charge is 0.286 e. The minimum atomic E-state index is -0.373. The number of amides is 2. The van der Waals surface area contributed by atoms with Gasteiger partial charge < -0.3 is 14.8 Å². The average Bonchev–Trinajstić information content (AvgIpc) is 2.78. The van der Waals surface area contributed by atoms with E-state index >= 15 is 0 Å². The highest BCUT2D eigenvalue weighted by molar-refractivity contribution is 14.1. The number of methoxy groups -OCH3 is 1. The molecule has 1 heterocycles. The van der Waals surface area contributed by atoms with Crippen molar-refractivity contribution in [3.8, 4) is 11.5 Å². The zero-order valence-corrected chi connectivity index (χ0v) is 15.8. The fraction of sp³-hybridized carbons (Fsp3) is 0.267. The Labute approximate surface area is 151 Å². The Morgan fingerprint density at radius 2 is 2.22 bits per heavy atom. The van der Waals surface area contributed by atoms with Crippen LogP contribution < -0.4 is 14.8 Å². The van der Waals surface area contributed by atoms with Gasteiger partial charge in [-0.15, -0.1) is 0 Å². The van der Waals surface area contributed by atoms with Gasteiger partial charge in [-0.25, -0.2) is 0 Å². The first-order chi connectivity index (χ1) is 10.9. The standard InChI is InChI=1S/C15H15IN2O4S/c1-4-22-11-6-9(5-10(16)13(11)21-3)7-12-14(20)18-15(23-12)17-8(2)19/h5-7H,4H2,1-3H3,(H,17,18,19,20)/b12-7+. The van der Waals surface area contributed by atoms with Crippen LogP contribution in [0.25, 0.3) is 6.08 Å². The lowest BCUT2D eigenvalue weighted by atomic mass is 10.2. The van der Waals surface area contributed by atoms with Gasteiger partial charge in [-0.1, -0.05) is 0 Å². The average molecular weight is 446 g/mol. The molecule has 2 rings (SSSR count). The van der Waals surface area contributed by atoms with Gasteiger partial charge in [-0.3, -0.25) is 9.59 Å². The SMILES string of the molecule is CCOc1cc(/C=C2/SC(NC(C)=O)=NC2=O)cc(I)c1OC. The van der Waals surface area contributed by atoms with Crippen LogP contribution in [0.3, 0.4) is 0 Å². The van der Waals surface area contributed by atoms with Crippen LogP contribution in [0, 0.1) is 3.57 Å². The molecular formula is C15H15IN2O4S. The Morgan fingerprint density at radius 1 is 1.48 bits per heavy atom. The third-order valence-corrected chi connectivity index (χ3v) is 4.44. The minimum absolute atomic E-state index is 0.261. The highest BCUT2D eigenvalue weighted by Gasteiger charge is 2.23. The molecule has 1 aromatic rings. The number of nitrogens with zero attached hydrogens (tertiary/aromatic N) is 1.